The summed E-state index contributed by atoms with van der Waals surface area (Å²) in [4.78, 5) is 10.9. The third kappa shape index (κ3) is 7.12. The maximum atomic E-state index is 12.6. The molecule has 1 aliphatic rings. The first-order chi connectivity index (χ1) is 12.8. The first kappa shape index (κ1) is 23.4. The van der Waals surface area contributed by atoms with E-state index in [2.05, 4.69) is 16.7 Å². The molecule has 0 unspecified atom stereocenters. The second-order valence-electron chi connectivity index (χ2n) is 6.86. The number of nitrogens with one attached hydrogen (secondary N) is 1. The zero-order chi connectivity index (χ0) is 20.4. The molecule has 1 saturated carbocycles. The van der Waals surface area contributed by atoms with Gasteiger partial charge < -0.3 is 14.7 Å². The summed E-state index contributed by atoms with van der Waals surface area (Å²) in [5.74, 6) is 0.397. The Bertz CT molecular complexity index is 700. The Hall–Kier alpha value is -1.64. The lowest BCUT2D eigenvalue weighted by Gasteiger charge is -2.23. The van der Waals surface area contributed by atoms with Crippen molar-refractivity contribution >= 4 is 16.5 Å². The van der Waals surface area contributed by atoms with Gasteiger partial charge in [0.1, 0.15) is 10.6 Å². The number of ether oxygens (including phenoxy) is 1. The van der Waals surface area contributed by atoms with E-state index in [1.807, 2.05) is 13.8 Å². The highest BCUT2D eigenvalue weighted by atomic mass is 32.2. The topological polar surface area (TPSA) is 95.9 Å². The molecule has 2 N–H and O–H groups in total. The number of sulfonamides is 1. The third-order valence-corrected chi connectivity index (χ3v) is 6.48. The summed E-state index contributed by atoms with van der Waals surface area (Å²) in [5.41, 5.74) is 1.96. The lowest BCUT2D eigenvalue weighted by atomic mass is 10.1. The molecular formula is C19H32N2O5S. The highest BCUT2D eigenvalue weighted by molar-refractivity contribution is 7.89. The number of benzene rings is 1. The standard InChI is InChI=1S/C18H30N2O3S.CH2O2/c1-14-12-17(23-4)18(13-15(14)2)24(21,22)19-10-7-11-20(3)16-8-5-6-9-16;2-1-3/h12-13,16,19H,5-11H2,1-4H3;1H,(H,2,3). The number of aryl methyl sites for hydroxylation is 2. The molecule has 0 radical (unpaired) electrons. The van der Waals surface area contributed by atoms with Crippen molar-refractivity contribution in [3.63, 3.8) is 0 Å². The Balaban J connectivity index is 0.00000114. The molecule has 1 aromatic rings. The van der Waals surface area contributed by atoms with Gasteiger partial charge in [-0.25, -0.2) is 13.1 Å². The number of carboxylic acid groups (broad SMARTS) is 1. The van der Waals surface area contributed by atoms with Crippen molar-refractivity contribution in [2.75, 3.05) is 27.2 Å². The molecule has 154 valence electrons. The number of hydrogen-bond donors (Lipinski definition) is 2. The minimum atomic E-state index is -3.55. The molecule has 0 aliphatic heterocycles. The fraction of sp³-hybridized carbons (Fsp3) is 0.632. The lowest BCUT2D eigenvalue weighted by Crippen LogP contribution is -2.33. The van der Waals surface area contributed by atoms with E-state index >= 15 is 0 Å². The molecule has 0 saturated heterocycles. The van der Waals surface area contributed by atoms with E-state index in [9.17, 15) is 8.42 Å². The molecule has 2 rings (SSSR count). The van der Waals surface area contributed by atoms with Crippen molar-refractivity contribution in [3.8, 4) is 5.75 Å². The maximum Gasteiger partial charge on any atom is 0.290 e. The number of rotatable bonds is 8. The van der Waals surface area contributed by atoms with E-state index < -0.39 is 10.0 Å². The quantitative estimate of drug-likeness (QED) is 0.514. The van der Waals surface area contributed by atoms with Crippen LogP contribution in [0.3, 0.4) is 0 Å². The van der Waals surface area contributed by atoms with Crippen LogP contribution in [0.25, 0.3) is 0 Å². The van der Waals surface area contributed by atoms with E-state index in [0.29, 0.717) is 18.3 Å². The van der Waals surface area contributed by atoms with E-state index in [4.69, 9.17) is 14.6 Å². The number of methoxy groups -OCH3 is 1. The van der Waals surface area contributed by atoms with E-state index in [1.165, 1.54) is 32.8 Å². The Morgan fingerprint density at radius 2 is 1.81 bits per heavy atom. The molecule has 1 fully saturated rings. The zero-order valence-electron chi connectivity index (χ0n) is 16.7. The molecule has 1 aliphatic carbocycles. The van der Waals surface area contributed by atoms with Crippen LogP contribution in [0.2, 0.25) is 0 Å². The second kappa shape index (κ2) is 11.3. The van der Waals surface area contributed by atoms with Crippen molar-refractivity contribution in [2.24, 2.45) is 0 Å². The molecule has 27 heavy (non-hydrogen) atoms. The predicted octanol–water partition coefficient (Wildman–Crippen LogP) is 2.56. The van der Waals surface area contributed by atoms with Crippen LogP contribution in [-0.2, 0) is 14.8 Å². The Kier molecular flexibility index (Phi) is 9.76. The van der Waals surface area contributed by atoms with Gasteiger partial charge in [0.2, 0.25) is 10.0 Å². The van der Waals surface area contributed by atoms with Gasteiger partial charge in [-0.2, -0.15) is 0 Å². The van der Waals surface area contributed by atoms with E-state index in [1.54, 1.807) is 12.1 Å². The van der Waals surface area contributed by atoms with Gasteiger partial charge in [0.25, 0.3) is 6.47 Å². The van der Waals surface area contributed by atoms with Gasteiger partial charge in [-0.15, -0.1) is 0 Å². The lowest BCUT2D eigenvalue weighted by molar-refractivity contribution is -0.122. The minimum absolute atomic E-state index is 0.220. The Labute approximate surface area is 162 Å². The summed E-state index contributed by atoms with van der Waals surface area (Å²) in [6, 6.07) is 4.13. The number of carbonyl (C=O) groups is 1. The fourth-order valence-corrected chi connectivity index (χ4v) is 4.58. The molecule has 8 heteroatoms. The summed E-state index contributed by atoms with van der Waals surface area (Å²) in [5, 5.41) is 6.89. The van der Waals surface area contributed by atoms with Crippen molar-refractivity contribution in [1.29, 1.82) is 0 Å². The molecule has 0 heterocycles. The Morgan fingerprint density at radius 1 is 1.26 bits per heavy atom. The average molecular weight is 401 g/mol. The van der Waals surface area contributed by atoms with Crippen LogP contribution in [0.5, 0.6) is 5.75 Å². The average Bonchev–Trinajstić information content (AvgIpc) is 3.16. The van der Waals surface area contributed by atoms with Gasteiger partial charge in [0.05, 0.1) is 7.11 Å². The summed E-state index contributed by atoms with van der Waals surface area (Å²) < 4.78 is 33.1. The predicted molar refractivity (Wildman–Crippen MR) is 106 cm³/mol. The highest BCUT2D eigenvalue weighted by Crippen LogP contribution is 2.27. The molecule has 0 spiro atoms. The van der Waals surface area contributed by atoms with Crippen LogP contribution >= 0.6 is 0 Å². The summed E-state index contributed by atoms with van der Waals surface area (Å²) in [6.45, 7) is 4.96. The van der Waals surface area contributed by atoms with Crippen molar-refractivity contribution in [1.82, 2.24) is 9.62 Å². The molecule has 0 aromatic heterocycles. The second-order valence-corrected chi connectivity index (χ2v) is 8.60. The molecule has 0 atom stereocenters. The van der Waals surface area contributed by atoms with Crippen molar-refractivity contribution in [2.45, 2.75) is 56.9 Å². The van der Waals surface area contributed by atoms with E-state index in [0.717, 1.165) is 24.1 Å². The SMILES string of the molecule is COc1cc(C)c(C)cc1S(=O)(=O)NCCCN(C)C1CCCC1.O=CO. The molecule has 7 nitrogen and oxygen atoms in total. The van der Waals surface area contributed by atoms with Crippen molar-refractivity contribution < 1.29 is 23.1 Å². The van der Waals surface area contributed by atoms with Crippen LogP contribution in [0, 0.1) is 13.8 Å². The van der Waals surface area contributed by atoms with Gasteiger partial charge in [-0.05, 0) is 70.0 Å². The van der Waals surface area contributed by atoms with Gasteiger partial charge >= 0.3 is 0 Å². The van der Waals surface area contributed by atoms with E-state index in [-0.39, 0.29) is 11.4 Å². The van der Waals surface area contributed by atoms with Gasteiger partial charge in [-0.1, -0.05) is 12.8 Å². The number of nitrogens with zero attached hydrogens (tertiary/aromatic N) is 1. The van der Waals surface area contributed by atoms with Gasteiger partial charge in [0, 0.05) is 12.6 Å². The van der Waals surface area contributed by atoms with Crippen LogP contribution < -0.4 is 9.46 Å². The first-order valence-electron chi connectivity index (χ1n) is 9.19. The van der Waals surface area contributed by atoms with Crippen molar-refractivity contribution in [3.05, 3.63) is 23.3 Å². The molecular weight excluding hydrogens is 368 g/mol. The summed E-state index contributed by atoms with van der Waals surface area (Å²) >= 11 is 0. The van der Waals surface area contributed by atoms with Crippen LogP contribution in [-0.4, -0.2) is 58.2 Å². The molecule has 1 aromatic carbocycles. The maximum absolute atomic E-state index is 12.6. The monoisotopic (exact) mass is 400 g/mol. The van der Waals surface area contributed by atoms with Gasteiger partial charge in [0.15, 0.2) is 0 Å². The largest absolute Gasteiger partial charge is 0.495 e. The van der Waals surface area contributed by atoms with Crippen LogP contribution in [0.15, 0.2) is 17.0 Å². The van der Waals surface area contributed by atoms with Gasteiger partial charge in [-0.3, -0.25) is 4.79 Å². The van der Waals surface area contributed by atoms with Crippen LogP contribution in [0.1, 0.15) is 43.2 Å². The number of hydrogen-bond acceptors (Lipinski definition) is 5. The molecule has 0 bridgehead atoms. The third-order valence-electron chi connectivity index (χ3n) is 5.00. The fourth-order valence-electron chi connectivity index (χ4n) is 3.27. The Morgan fingerprint density at radius 3 is 2.37 bits per heavy atom. The highest BCUT2D eigenvalue weighted by Gasteiger charge is 2.21. The first-order valence-corrected chi connectivity index (χ1v) is 10.7. The minimum Gasteiger partial charge on any atom is -0.495 e. The molecule has 0 amide bonds. The smallest absolute Gasteiger partial charge is 0.290 e. The normalized spacial score (nSPS) is 14.7. The summed E-state index contributed by atoms with van der Waals surface area (Å²) in [7, 11) is 0.0827. The van der Waals surface area contributed by atoms with Crippen LogP contribution in [0.4, 0.5) is 0 Å². The summed E-state index contributed by atoms with van der Waals surface area (Å²) in [6.07, 6.45) is 5.96. The zero-order valence-corrected chi connectivity index (χ0v) is 17.5.